The molecule has 1 N–H and O–H groups in total. The molecule has 0 radical (unpaired) electrons. The zero-order valence-corrected chi connectivity index (χ0v) is 15.9. The molecule has 2 aromatic carbocycles. The number of carbonyl (C=O) groups is 1. The molecule has 3 heterocycles. The molecule has 5 rings (SSSR count). The molecule has 5 nitrogen and oxygen atoms in total. The van der Waals surface area contributed by atoms with Crippen molar-refractivity contribution in [2.24, 2.45) is 0 Å². The molecular formula is C22H18ClN3O2. The van der Waals surface area contributed by atoms with E-state index in [4.69, 9.17) is 21.0 Å². The quantitative estimate of drug-likeness (QED) is 0.499. The topological polar surface area (TPSA) is 60.1 Å². The van der Waals surface area contributed by atoms with Crippen LogP contribution in [0.1, 0.15) is 29.2 Å². The molecule has 0 saturated carbocycles. The van der Waals surface area contributed by atoms with Gasteiger partial charge in [-0.15, -0.1) is 0 Å². The second-order valence-electron chi connectivity index (χ2n) is 7.02. The molecule has 2 aromatic heterocycles. The largest absolute Gasteiger partial charge is 0.451 e. The SMILES string of the molecule is O=C(Nc1ccc(-c2cn3c(n2)CCCC3)cc1)c1cc2cc(Cl)ccc2o1. The number of amides is 1. The summed E-state index contributed by atoms with van der Waals surface area (Å²) in [5.74, 6) is 1.12. The summed E-state index contributed by atoms with van der Waals surface area (Å²) in [6.07, 6.45) is 5.57. The van der Waals surface area contributed by atoms with E-state index in [-0.39, 0.29) is 11.7 Å². The monoisotopic (exact) mass is 391 g/mol. The van der Waals surface area contributed by atoms with Crippen LogP contribution in [-0.4, -0.2) is 15.5 Å². The summed E-state index contributed by atoms with van der Waals surface area (Å²) in [7, 11) is 0. The van der Waals surface area contributed by atoms with Gasteiger partial charge in [0.25, 0.3) is 5.91 Å². The second-order valence-corrected chi connectivity index (χ2v) is 7.45. The van der Waals surface area contributed by atoms with Gasteiger partial charge in [-0.2, -0.15) is 0 Å². The Morgan fingerprint density at radius 3 is 2.79 bits per heavy atom. The highest BCUT2D eigenvalue weighted by atomic mass is 35.5. The van der Waals surface area contributed by atoms with Gasteiger partial charge in [0, 0.05) is 40.8 Å². The lowest BCUT2D eigenvalue weighted by atomic mass is 10.1. The molecule has 0 unspecified atom stereocenters. The van der Waals surface area contributed by atoms with Crippen LogP contribution < -0.4 is 5.32 Å². The third-order valence-electron chi connectivity index (χ3n) is 5.05. The molecule has 1 aliphatic rings. The number of nitrogens with one attached hydrogen (secondary N) is 1. The van der Waals surface area contributed by atoms with Crippen LogP contribution in [0.3, 0.4) is 0 Å². The van der Waals surface area contributed by atoms with E-state index in [0.717, 1.165) is 35.4 Å². The maximum absolute atomic E-state index is 12.5. The Bertz CT molecular complexity index is 1150. The number of fused-ring (bicyclic) bond motifs is 2. The maximum Gasteiger partial charge on any atom is 0.291 e. The van der Waals surface area contributed by atoms with Gasteiger partial charge in [-0.1, -0.05) is 23.7 Å². The Kier molecular flexibility index (Phi) is 4.17. The standard InChI is InChI=1S/C22H18ClN3O2/c23-16-6-9-19-15(11-16)12-20(28-19)22(27)24-17-7-4-14(5-8-17)18-13-26-10-2-1-3-21(26)25-18/h4-9,11-13H,1-3,10H2,(H,24,27). The predicted molar refractivity (Wildman–Crippen MR) is 110 cm³/mol. The first kappa shape index (κ1) is 17.1. The van der Waals surface area contributed by atoms with Gasteiger partial charge >= 0.3 is 0 Å². The number of rotatable bonds is 3. The number of carbonyl (C=O) groups excluding carboxylic acids is 1. The van der Waals surface area contributed by atoms with E-state index in [1.807, 2.05) is 24.3 Å². The van der Waals surface area contributed by atoms with E-state index in [0.29, 0.717) is 16.3 Å². The zero-order chi connectivity index (χ0) is 19.1. The van der Waals surface area contributed by atoms with Crippen LogP contribution in [-0.2, 0) is 13.0 Å². The Labute approximate surface area is 166 Å². The fourth-order valence-electron chi connectivity index (χ4n) is 3.59. The smallest absolute Gasteiger partial charge is 0.291 e. The van der Waals surface area contributed by atoms with Crippen molar-refractivity contribution < 1.29 is 9.21 Å². The summed E-state index contributed by atoms with van der Waals surface area (Å²) in [6, 6.07) is 14.7. The van der Waals surface area contributed by atoms with E-state index < -0.39 is 0 Å². The van der Waals surface area contributed by atoms with Crippen LogP contribution >= 0.6 is 11.6 Å². The Balaban J connectivity index is 1.34. The van der Waals surface area contributed by atoms with Gasteiger partial charge in [0.15, 0.2) is 5.76 Å². The minimum absolute atomic E-state index is 0.253. The fourth-order valence-corrected chi connectivity index (χ4v) is 3.78. The van der Waals surface area contributed by atoms with Crippen LogP contribution in [0.4, 0.5) is 5.69 Å². The minimum Gasteiger partial charge on any atom is -0.451 e. The first-order valence-corrected chi connectivity index (χ1v) is 9.70. The number of hydrogen-bond donors (Lipinski definition) is 1. The lowest BCUT2D eigenvalue weighted by Gasteiger charge is -2.11. The summed E-state index contributed by atoms with van der Waals surface area (Å²) < 4.78 is 7.85. The van der Waals surface area contributed by atoms with Crippen molar-refractivity contribution in [2.75, 3.05) is 5.32 Å². The van der Waals surface area contributed by atoms with E-state index >= 15 is 0 Å². The van der Waals surface area contributed by atoms with Gasteiger partial charge in [0.05, 0.1) is 5.69 Å². The van der Waals surface area contributed by atoms with E-state index in [9.17, 15) is 4.79 Å². The second kappa shape index (κ2) is 6.84. The number of aromatic nitrogens is 2. The molecule has 0 bridgehead atoms. The molecule has 1 amide bonds. The Morgan fingerprint density at radius 2 is 1.96 bits per heavy atom. The normalized spacial score (nSPS) is 13.5. The third-order valence-corrected chi connectivity index (χ3v) is 5.28. The highest BCUT2D eigenvalue weighted by Crippen LogP contribution is 2.26. The number of nitrogens with zero attached hydrogens (tertiary/aromatic N) is 2. The number of anilines is 1. The fraction of sp³-hybridized carbons (Fsp3) is 0.182. The highest BCUT2D eigenvalue weighted by molar-refractivity contribution is 6.31. The number of hydrogen-bond acceptors (Lipinski definition) is 3. The number of imidazole rings is 1. The van der Waals surface area contributed by atoms with E-state index in [2.05, 4.69) is 16.1 Å². The van der Waals surface area contributed by atoms with Crippen molar-refractivity contribution in [3.05, 3.63) is 71.3 Å². The molecule has 140 valence electrons. The lowest BCUT2D eigenvalue weighted by molar-refractivity contribution is 0.0998. The van der Waals surface area contributed by atoms with Crippen LogP contribution in [0.5, 0.6) is 0 Å². The van der Waals surface area contributed by atoms with Gasteiger partial charge < -0.3 is 14.3 Å². The maximum atomic E-state index is 12.5. The number of furan rings is 1. The van der Waals surface area contributed by atoms with Crippen molar-refractivity contribution in [2.45, 2.75) is 25.8 Å². The van der Waals surface area contributed by atoms with Crippen molar-refractivity contribution >= 4 is 34.2 Å². The lowest BCUT2D eigenvalue weighted by Crippen LogP contribution is -2.10. The molecule has 1 aliphatic heterocycles. The number of benzene rings is 2. The van der Waals surface area contributed by atoms with Gasteiger partial charge in [0.1, 0.15) is 11.4 Å². The van der Waals surface area contributed by atoms with Gasteiger partial charge in [-0.3, -0.25) is 4.79 Å². The predicted octanol–water partition coefficient (Wildman–Crippen LogP) is 5.54. The molecule has 28 heavy (non-hydrogen) atoms. The van der Waals surface area contributed by atoms with Crippen molar-refractivity contribution in [1.82, 2.24) is 9.55 Å². The number of aryl methyl sites for hydroxylation is 2. The highest BCUT2D eigenvalue weighted by Gasteiger charge is 2.15. The molecule has 4 aromatic rings. The molecule has 0 saturated heterocycles. The van der Waals surface area contributed by atoms with Crippen molar-refractivity contribution in [3.8, 4) is 11.3 Å². The zero-order valence-electron chi connectivity index (χ0n) is 15.1. The molecule has 0 atom stereocenters. The molecule has 0 fully saturated rings. The molecule has 6 heteroatoms. The summed E-state index contributed by atoms with van der Waals surface area (Å²) in [6.45, 7) is 1.04. The van der Waals surface area contributed by atoms with Crippen LogP contribution in [0, 0.1) is 0 Å². The van der Waals surface area contributed by atoms with Crippen molar-refractivity contribution in [3.63, 3.8) is 0 Å². The van der Waals surface area contributed by atoms with Crippen LogP contribution in [0.25, 0.3) is 22.2 Å². The van der Waals surface area contributed by atoms with E-state index in [1.165, 1.54) is 12.8 Å². The Hall–Kier alpha value is -3.05. The average Bonchev–Trinajstić information content (AvgIpc) is 3.32. The number of halogens is 1. The van der Waals surface area contributed by atoms with Crippen molar-refractivity contribution in [1.29, 1.82) is 0 Å². The van der Waals surface area contributed by atoms with Crippen LogP contribution in [0.2, 0.25) is 5.02 Å². The average molecular weight is 392 g/mol. The van der Waals surface area contributed by atoms with Gasteiger partial charge in [-0.25, -0.2) is 4.98 Å². The summed E-state index contributed by atoms with van der Waals surface area (Å²) in [4.78, 5) is 17.2. The third kappa shape index (κ3) is 3.18. The molecular weight excluding hydrogens is 374 g/mol. The van der Waals surface area contributed by atoms with Gasteiger partial charge in [-0.05, 0) is 49.2 Å². The van der Waals surface area contributed by atoms with Crippen LogP contribution in [0.15, 0.2) is 59.1 Å². The molecule has 0 spiro atoms. The first-order valence-electron chi connectivity index (χ1n) is 9.33. The Morgan fingerprint density at radius 1 is 1.11 bits per heavy atom. The summed E-state index contributed by atoms with van der Waals surface area (Å²) >= 11 is 5.99. The van der Waals surface area contributed by atoms with E-state index in [1.54, 1.807) is 24.3 Å². The molecule has 0 aliphatic carbocycles. The first-order chi connectivity index (χ1) is 13.7. The summed E-state index contributed by atoms with van der Waals surface area (Å²) in [5.41, 5.74) is 3.35. The van der Waals surface area contributed by atoms with Gasteiger partial charge in [0.2, 0.25) is 0 Å². The summed E-state index contributed by atoms with van der Waals surface area (Å²) in [5, 5.41) is 4.28. The minimum atomic E-state index is -0.294.